The molecule has 0 saturated heterocycles. The number of rotatable bonds is 5. The van der Waals surface area contributed by atoms with E-state index in [1.165, 1.54) is 29.2 Å². The van der Waals surface area contributed by atoms with Gasteiger partial charge in [-0.3, -0.25) is 4.79 Å². The van der Waals surface area contributed by atoms with Crippen LogP contribution in [-0.2, 0) is 13.1 Å². The third-order valence-electron chi connectivity index (χ3n) is 4.19. The molecule has 156 valence electrons. The molecule has 0 spiro atoms. The van der Waals surface area contributed by atoms with Crippen molar-refractivity contribution in [2.75, 3.05) is 6.61 Å². The molecule has 0 aromatic heterocycles. The summed E-state index contributed by atoms with van der Waals surface area (Å²) in [7, 11) is 0. The Kier molecular flexibility index (Phi) is 5.38. The number of ether oxygens (including phenoxy) is 2. The largest absolute Gasteiger partial charge is 0.573 e. The van der Waals surface area contributed by atoms with E-state index in [-0.39, 0.29) is 30.5 Å². The second-order valence-corrected chi connectivity index (χ2v) is 6.53. The van der Waals surface area contributed by atoms with Crippen LogP contribution in [0.5, 0.6) is 11.5 Å². The van der Waals surface area contributed by atoms with Gasteiger partial charge in [0.05, 0.1) is 0 Å². The topological polar surface area (TPSA) is 38.8 Å². The number of benzene rings is 2. The van der Waals surface area contributed by atoms with Gasteiger partial charge in [0, 0.05) is 18.7 Å². The van der Waals surface area contributed by atoms with Crippen molar-refractivity contribution >= 4 is 5.91 Å². The highest BCUT2D eigenvalue weighted by Crippen LogP contribution is 2.32. The lowest BCUT2D eigenvalue weighted by atomic mass is 10.0. The van der Waals surface area contributed by atoms with Crippen molar-refractivity contribution in [2.45, 2.75) is 32.6 Å². The number of aryl methyl sites for hydroxylation is 1. The second kappa shape index (κ2) is 7.49. The highest BCUT2D eigenvalue weighted by molar-refractivity contribution is 6.00. The fourth-order valence-corrected chi connectivity index (χ4v) is 3.08. The molecule has 29 heavy (non-hydrogen) atoms. The van der Waals surface area contributed by atoms with Crippen molar-refractivity contribution in [2.24, 2.45) is 0 Å². The Morgan fingerprint density at radius 1 is 1.00 bits per heavy atom. The van der Waals surface area contributed by atoms with Gasteiger partial charge in [-0.1, -0.05) is 12.1 Å². The summed E-state index contributed by atoms with van der Waals surface area (Å²) >= 11 is 0. The molecule has 4 nitrogen and oxygen atoms in total. The Morgan fingerprint density at radius 2 is 1.66 bits per heavy atom. The predicted molar refractivity (Wildman–Crippen MR) is 89.4 cm³/mol. The lowest BCUT2D eigenvalue weighted by Gasteiger charge is -2.16. The van der Waals surface area contributed by atoms with E-state index < -0.39 is 19.1 Å². The van der Waals surface area contributed by atoms with Crippen molar-refractivity contribution in [3.8, 4) is 11.5 Å². The molecular formula is C19H15F6NO3. The van der Waals surface area contributed by atoms with Crippen LogP contribution in [0.4, 0.5) is 26.3 Å². The summed E-state index contributed by atoms with van der Waals surface area (Å²) in [4.78, 5) is 14.1. The van der Waals surface area contributed by atoms with Gasteiger partial charge in [-0.15, -0.1) is 13.2 Å². The zero-order valence-electron chi connectivity index (χ0n) is 15.0. The molecule has 3 rings (SSSR count). The summed E-state index contributed by atoms with van der Waals surface area (Å²) in [6, 6.07) is 7.86. The molecule has 0 bridgehead atoms. The minimum Gasteiger partial charge on any atom is -0.484 e. The molecule has 0 radical (unpaired) electrons. The Morgan fingerprint density at radius 3 is 2.24 bits per heavy atom. The highest BCUT2D eigenvalue weighted by Gasteiger charge is 2.32. The van der Waals surface area contributed by atoms with E-state index in [9.17, 15) is 31.1 Å². The van der Waals surface area contributed by atoms with Crippen LogP contribution < -0.4 is 9.47 Å². The van der Waals surface area contributed by atoms with Crippen LogP contribution >= 0.6 is 0 Å². The van der Waals surface area contributed by atoms with Gasteiger partial charge in [0.15, 0.2) is 6.61 Å². The van der Waals surface area contributed by atoms with Crippen molar-refractivity contribution in [1.29, 1.82) is 0 Å². The van der Waals surface area contributed by atoms with Crippen molar-refractivity contribution < 1.29 is 40.6 Å². The number of hydrogen-bond donors (Lipinski definition) is 0. The SMILES string of the molecule is Cc1cc(OCC(F)(F)F)cc2c1C(=O)N(Cc1ccc(OC(F)(F)F)cc1)C2. The van der Waals surface area contributed by atoms with Crippen LogP contribution in [0.15, 0.2) is 36.4 Å². The van der Waals surface area contributed by atoms with Crippen LogP contribution in [0.3, 0.4) is 0 Å². The molecule has 0 saturated carbocycles. The second-order valence-electron chi connectivity index (χ2n) is 6.53. The van der Waals surface area contributed by atoms with E-state index in [4.69, 9.17) is 4.74 Å². The van der Waals surface area contributed by atoms with Crippen molar-refractivity contribution in [1.82, 2.24) is 4.90 Å². The minimum atomic E-state index is -4.79. The molecular weight excluding hydrogens is 404 g/mol. The van der Waals surface area contributed by atoms with Crippen molar-refractivity contribution in [3.05, 3.63) is 58.7 Å². The molecule has 0 atom stereocenters. The zero-order valence-corrected chi connectivity index (χ0v) is 15.0. The predicted octanol–water partition coefficient (Wildman–Crippen LogP) is 4.99. The van der Waals surface area contributed by atoms with E-state index in [0.29, 0.717) is 22.3 Å². The fraction of sp³-hybridized carbons (Fsp3) is 0.316. The maximum atomic E-state index is 12.6. The normalized spacial score (nSPS) is 14.2. The smallest absolute Gasteiger partial charge is 0.484 e. The number of fused-ring (bicyclic) bond motifs is 1. The van der Waals surface area contributed by atoms with Crippen LogP contribution in [0.1, 0.15) is 27.0 Å². The van der Waals surface area contributed by atoms with Gasteiger partial charge in [-0.05, 0) is 47.9 Å². The highest BCUT2D eigenvalue weighted by atomic mass is 19.4. The Labute approximate surface area is 161 Å². The summed E-state index contributed by atoms with van der Waals surface area (Å²) in [6.45, 7) is 0.441. The number of alkyl halides is 6. The van der Waals surface area contributed by atoms with E-state index >= 15 is 0 Å². The van der Waals surface area contributed by atoms with Crippen LogP contribution in [0.2, 0.25) is 0 Å². The van der Waals surface area contributed by atoms with Gasteiger partial charge in [0.2, 0.25) is 0 Å². The van der Waals surface area contributed by atoms with Gasteiger partial charge in [0.1, 0.15) is 11.5 Å². The average Bonchev–Trinajstić information content (AvgIpc) is 2.89. The molecule has 1 aliphatic rings. The van der Waals surface area contributed by atoms with E-state index in [2.05, 4.69) is 4.74 Å². The average molecular weight is 419 g/mol. The summed E-state index contributed by atoms with van der Waals surface area (Å²) < 4.78 is 82.2. The Hall–Kier alpha value is -2.91. The number of amides is 1. The van der Waals surface area contributed by atoms with Gasteiger partial charge in [-0.25, -0.2) is 0 Å². The number of halogens is 6. The number of nitrogens with zero attached hydrogens (tertiary/aromatic N) is 1. The number of hydrogen-bond acceptors (Lipinski definition) is 3. The number of carbonyl (C=O) groups excluding carboxylic acids is 1. The standard InChI is InChI=1S/C19H15F6NO3/c1-11-6-15(28-10-18(20,21)22)7-13-9-26(17(27)16(11)13)8-12-2-4-14(5-3-12)29-19(23,24)25/h2-7H,8-10H2,1H3. The maximum absolute atomic E-state index is 12.6. The first-order valence-corrected chi connectivity index (χ1v) is 8.38. The molecule has 2 aromatic carbocycles. The molecule has 1 heterocycles. The fourth-order valence-electron chi connectivity index (χ4n) is 3.08. The van der Waals surface area contributed by atoms with Gasteiger partial charge in [0.25, 0.3) is 5.91 Å². The van der Waals surface area contributed by atoms with Crippen LogP contribution in [0, 0.1) is 6.92 Å². The lowest BCUT2D eigenvalue weighted by Crippen LogP contribution is -2.23. The first-order chi connectivity index (χ1) is 13.4. The molecule has 0 unspecified atom stereocenters. The summed E-state index contributed by atoms with van der Waals surface area (Å²) in [6.07, 6.45) is -9.27. The monoisotopic (exact) mass is 419 g/mol. The van der Waals surface area contributed by atoms with Gasteiger partial charge in [-0.2, -0.15) is 13.2 Å². The third kappa shape index (κ3) is 5.33. The van der Waals surface area contributed by atoms with E-state index in [1.54, 1.807) is 6.92 Å². The van der Waals surface area contributed by atoms with Crippen molar-refractivity contribution in [3.63, 3.8) is 0 Å². The van der Waals surface area contributed by atoms with Crippen LogP contribution in [-0.4, -0.2) is 30.0 Å². The minimum absolute atomic E-state index is 0.0156. The number of carbonyl (C=O) groups is 1. The quantitative estimate of drug-likeness (QED) is 0.641. The summed E-state index contributed by atoms with van der Waals surface area (Å²) in [5.41, 5.74) is 1.98. The van der Waals surface area contributed by atoms with Crippen LogP contribution in [0.25, 0.3) is 0 Å². The Bertz CT molecular complexity index is 906. The molecule has 1 amide bonds. The Balaban J connectivity index is 1.71. The first-order valence-electron chi connectivity index (χ1n) is 8.38. The van der Waals surface area contributed by atoms with Gasteiger partial charge < -0.3 is 14.4 Å². The summed E-state index contributed by atoms with van der Waals surface area (Å²) in [5, 5.41) is 0. The molecule has 0 N–H and O–H groups in total. The summed E-state index contributed by atoms with van der Waals surface area (Å²) in [5.74, 6) is -0.669. The molecule has 10 heteroatoms. The van der Waals surface area contributed by atoms with E-state index in [0.717, 1.165) is 12.1 Å². The lowest BCUT2D eigenvalue weighted by molar-refractivity contribution is -0.274. The molecule has 0 aliphatic carbocycles. The van der Waals surface area contributed by atoms with E-state index in [1.807, 2.05) is 0 Å². The maximum Gasteiger partial charge on any atom is 0.573 e. The third-order valence-corrected chi connectivity index (χ3v) is 4.19. The molecule has 2 aromatic rings. The zero-order chi connectivity index (χ0) is 21.4. The molecule has 0 fully saturated rings. The first kappa shape index (κ1) is 20.8. The van der Waals surface area contributed by atoms with Gasteiger partial charge >= 0.3 is 12.5 Å². The molecule has 1 aliphatic heterocycles.